The standard InChI is InChI=1S/C44H47NO/c1-43(2,3)33-22-18-29(19-23-33)37-26-31-14-10-12-16-35(31)40(39(37)28-45(7,8)9)41-36-17-13-11-15-32(36)27-38(42(41)46)30-20-24-34(25-21-30)44(4,5)6/h10-27H,28H2,1-9H3/p+1. The summed E-state index contributed by atoms with van der Waals surface area (Å²) in [6, 6.07) is 39.5. The molecule has 0 atom stereocenters. The molecule has 6 aromatic rings. The first kappa shape index (κ1) is 31.6. The Morgan fingerprint density at radius 2 is 0.935 bits per heavy atom. The molecule has 2 heteroatoms. The summed E-state index contributed by atoms with van der Waals surface area (Å²) >= 11 is 0. The lowest BCUT2D eigenvalue weighted by Crippen LogP contribution is -2.33. The molecule has 0 unspecified atom stereocenters. The Labute approximate surface area is 275 Å². The van der Waals surface area contributed by atoms with Crippen molar-refractivity contribution in [2.45, 2.75) is 58.9 Å². The molecule has 0 heterocycles. The van der Waals surface area contributed by atoms with E-state index in [0.717, 1.165) is 49.4 Å². The highest BCUT2D eigenvalue weighted by Gasteiger charge is 2.26. The first-order valence-electron chi connectivity index (χ1n) is 16.4. The molecule has 6 aromatic carbocycles. The van der Waals surface area contributed by atoms with E-state index in [1.165, 1.54) is 33.2 Å². The summed E-state index contributed by atoms with van der Waals surface area (Å²) < 4.78 is 0.755. The molecule has 0 aliphatic heterocycles. The predicted octanol–water partition coefficient (Wildman–Crippen LogP) is 11.5. The summed E-state index contributed by atoms with van der Waals surface area (Å²) in [7, 11) is 6.74. The van der Waals surface area contributed by atoms with Gasteiger partial charge in [-0.1, -0.05) is 139 Å². The molecule has 0 saturated carbocycles. The van der Waals surface area contributed by atoms with Crippen LogP contribution in [0.4, 0.5) is 0 Å². The maximum absolute atomic E-state index is 12.5. The van der Waals surface area contributed by atoms with Crippen LogP contribution in [0, 0.1) is 0 Å². The topological polar surface area (TPSA) is 20.2 Å². The first-order valence-corrected chi connectivity index (χ1v) is 16.4. The van der Waals surface area contributed by atoms with Crippen molar-refractivity contribution < 1.29 is 9.59 Å². The second-order valence-corrected chi connectivity index (χ2v) is 16.0. The van der Waals surface area contributed by atoms with E-state index in [9.17, 15) is 5.11 Å². The van der Waals surface area contributed by atoms with E-state index >= 15 is 0 Å². The minimum Gasteiger partial charge on any atom is -0.507 e. The zero-order valence-corrected chi connectivity index (χ0v) is 29.0. The number of phenolic OH excluding ortho intramolecular Hbond substituents is 1. The molecule has 0 radical (unpaired) electrons. The molecule has 0 spiro atoms. The Morgan fingerprint density at radius 1 is 0.522 bits per heavy atom. The summed E-state index contributed by atoms with van der Waals surface area (Å²) in [5.74, 6) is 0.329. The largest absolute Gasteiger partial charge is 0.507 e. The fraction of sp³-hybridized carbons (Fsp3) is 0.273. The summed E-state index contributed by atoms with van der Waals surface area (Å²) in [5, 5.41) is 17.0. The lowest BCUT2D eigenvalue weighted by Gasteiger charge is -2.29. The van der Waals surface area contributed by atoms with Crippen LogP contribution in [0.1, 0.15) is 58.2 Å². The number of aromatic hydroxyl groups is 1. The average Bonchev–Trinajstić information content (AvgIpc) is 2.99. The van der Waals surface area contributed by atoms with Crippen molar-refractivity contribution in [2.75, 3.05) is 21.1 Å². The Hall–Kier alpha value is -4.40. The predicted molar refractivity (Wildman–Crippen MR) is 199 cm³/mol. The van der Waals surface area contributed by atoms with Gasteiger partial charge >= 0.3 is 0 Å². The maximum atomic E-state index is 12.5. The van der Waals surface area contributed by atoms with Crippen molar-refractivity contribution in [2.24, 2.45) is 0 Å². The van der Waals surface area contributed by atoms with Crippen LogP contribution in [0.3, 0.4) is 0 Å². The number of nitrogens with zero attached hydrogens (tertiary/aromatic N) is 1. The van der Waals surface area contributed by atoms with Crippen LogP contribution in [-0.4, -0.2) is 30.7 Å². The Bertz CT molecular complexity index is 2050. The van der Waals surface area contributed by atoms with Gasteiger partial charge in [0.25, 0.3) is 0 Å². The molecule has 0 aliphatic carbocycles. The van der Waals surface area contributed by atoms with Crippen LogP contribution in [0.2, 0.25) is 0 Å². The minimum absolute atomic E-state index is 0.0552. The number of fused-ring (bicyclic) bond motifs is 2. The lowest BCUT2D eigenvalue weighted by atomic mass is 9.82. The van der Waals surface area contributed by atoms with Crippen molar-refractivity contribution >= 4 is 21.5 Å². The molecule has 0 amide bonds. The molecule has 0 saturated heterocycles. The van der Waals surface area contributed by atoms with Gasteiger partial charge < -0.3 is 9.59 Å². The highest BCUT2D eigenvalue weighted by molar-refractivity contribution is 6.12. The van der Waals surface area contributed by atoms with Gasteiger partial charge in [0.15, 0.2) is 0 Å². The highest BCUT2D eigenvalue weighted by Crippen LogP contribution is 2.49. The van der Waals surface area contributed by atoms with Gasteiger partial charge in [-0.3, -0.25) is 0 Å². The number of hydrogen-bond acceptors (Lipinski definition) is 1. The zero-order valence-electron chi connectivity index (χ0n) is 29.0. The summed E-state index contributed by atoms with van der Waals surface area (Å²) in [6.45, 7) is 14.3. The van der Waals surface area contributed by atoms with Crippen molar-refractivity contribution in [1.29, 1.82) is 0 Å². The van der Waals surface area contributed by atoms with Crippen LogP contribution >= 0.6 is 0 Å². The van der Waals surface area contributed by atoms with Crippen molar-refractivity contribution in [3.8, 4) is 39.1 Å². The van der Waals surface area contributed by atoms with E-state index in [-0.39, 0.29) is 10.8 Å². The van der Waals surface area contributed by atoms with E-state index < -0.39 is 0 Å². The number of benzene rings is 6. The van der Waals surface area contributed by atoms with E-state index in [1.807, 2.05) is 0 Å². The van der Waals surface area contributed by atoms with Gasteiger partial charge in [-0.15, -0.1) is 0 Å². The van der Waals surface area contributed by atoms with Crippen LogP contribution in [0.25, 0.3) is 54.9 Å². The average molecular weight is 607 g/mol. The monoisotopic (exact) mass is 606 g/mol. The van der Waals surface area contributed by atoms with E-state index in [1.54, 1.807) is 0 Å². The molecule has 234 valence electrons. The SMILES string of the molecule is CC(C)(C)c1ccc(-c2cc3ccccc3c(-c3c(C[N+](C)(C)C)c(-c4ccc(C(C)(C)C)cc4)cc4ccccc34)c2O)cc1. The van der Waals surface area contributed by atoms with Crippen LogP contribution in [-0.2, 0) is 17.4 Å². The minimum atomic E-state index is 0.0552. The van der Waals surface area contributed by atoms with Crippen LogP contribution < -0.4 is 0 Å². The van der Waals surface area contributed by atoms with Gasteiger partial charge in [0, 0.05) is 22.3 Å². The van der Waals surface area contributed by atoms with E-state index in [2.05, 4.69) is 172 Å². The van der Waals surface area contributed by atoms with Crippen LogP contribution in [0.5, 0.6) is 5.75 Å². The van der Waals surface area contributed by atoms with Crippen molar-refractivity contribution in [3.63, 3.8) is 0 Å². The first-order chi connectivity index (χ1) is 21.6. The van der Waals surface area contributed by atoms with Crippen LogP contribution in [0.15, 0.2) is 109 Å². The third-order valence-corrected chi connectivity index (χ3v) is 9.19. The second kappa shape index (κ2) is 11.4. The molecular weight excluding hydrogens is 558 g/mol. The molecule has 0 fully saturated rings. The Kier molecular flexibility index (Phi) is 7.85. The van der Waals surface area contributed by atoms with E-state index in [0.29, 0.717) is 5.75 Å². The molecule has 6 rings (SSSR count). The van der Waals surface area contributed by atoms with Gasteiger partial charge in [0.1, 0.15) is 12.3 Å². The van der Waals surface area contributed by atoms with Gasteiger partial charge in [0.05, 0.1) is 21.1 Å². The van der Waals surface area contributed by atoms with Gasteiger partial charge in [-0.25, -0.2) is 0 Å². The summed E-state index contributed by atoms with van der Waals surface area (Å²) in [6.07, 6.45) is 0. The molecule has 2 nitrogen and oxygen atoms in total. The molecular formula is C44H48NO+. The maximum Gasteiger partial charge on any atom is 0.131 e. The fourth-order valence-corrected chi connectivity index (χ4v) is 6.68. The Balaban J connectivity index is 1.72. The van der Waals surface area contributed by atoms with Gasteiger partial charge in [-0.05, 0) is 72.3 Å². The fourth-order valence-electron chi connectivity index (χ4n) is 6.68. The van der Waals surface area contributed by atoms with E-state index in [4.69, 9.17) is 0 Å². The molecule has 0 aromatic heterocycles. The van der Waals surface area contributed by atoms with Gasteiger partial charge in [-0.2, -0.15) is 0 Å². The van der Waals surface area contributed by atoms with Crippen molar-refractivity contribution in [3.05, 3.63) is 126 Å². The molecule has 0 bridgehead atoms. The quantitative estimate of drug-likeness (QED) is 0.194. The normalized spacial score (nSPS) is 12.6. The molecule has 0 aliphatic rings. The smallest absolute Gasteiger partial charge is 0.131 e. The lowest BCUT2D eigenvalue weighted by molar-refractivity contribution is -0.883. The number of phenols is 1. The number of rotatable bonds is 5. The second-order valence-electron chi connectivity index (χ2n) is 16.0. The third kappa shape index (κ3) is 6.07. The Morgan fingerprint density at radius 3 is 1.39 bits per heavy atom. The highest BCUT2D eigenvalue weighted by atomic mass is 16.3. The molecule has 1 N–H and O–H groups in total. The third-order valence-electron chi connectivity index (χ3n) is 9.19. The zero-order chi connectivity index (χ0) is 33.0. The summed E-state index contributed by atoms with van der Waals surface area (Å²) in [5.41, 5.74) is 10.3. The van der Waals surface area contributed by atoms with Gasteiger partial charge in [0.2, 0.25) is 0 Å². The molecule has 46 heavy (non-hydrogen) atoms. The van der Waals surface area contributed by atoms with Crippen molar-refractivity contribution in [1.82, 2.24) is 0 Å². The summed E-state index contributed by atoms with van der Waals surface area (Å²) in [4.78, 5) is 0. The number of quaternary nitrogens is 1. The number of hydrogen-bond donors (Lipinski definition) is 1.